The number of nitrogens with one attached hydrogen (secondary N) is 2. The van der Waals surface area contributed by atoms with Crippen molar-refractivity contribution in [3.8, 4) is 11.5 Å². The van der Waals surface area contributed by atoms with Crippen LogP contribution in [-0.2, 0) is 9.59 Å². The summed E-state index contributed by atoms with van der Waals surface area (Å²) < 4.78 is 10.9. The number of carbonyl (C=O) groups excluding carboxylic acids is 2. The number of thiophene rings is 1. The van der Waals surface area contributed by atoms with Gasteiger partial charge in [-0.1, -0.05) is 0 Å². The minimum Gasteiger partial charge on any atom is -0.494 e. The molecule has 2 N–H and O–H groups in total. The van der Waals surface area contributed by atoms with E-state index in [2.05, 4.69) is 10.9 Å². The summed E-state index contributed by atoms with van der Waals surface area (Å²) in [6, 6.07) is 8.95. The average Bonchev–Trinajstić information content (AvgIpc) is 3.04. The monoisotopic (exact) mass is 374 g/mol. The first-order valence-electron chi connectivity index (χ1n) is 8.21. The molecule has 0 aliphatic rings. The Hall–Kier alpha value is -2.80. The lowest BCUT2D eigenvalue weighted by molar-refractivity contribution is -0.131. The van der Waals surface area contributed by atoms with Crippen LogP contribution in [0.1, 0.15) is 24.3 Å². The average molecular weight is 374 g/mol. The number of aryl methyl sites for hydroxylation is 1. The van der Waals surface area contributed by atoms with Crippen LogP contribution in [-0.4, -0.2) is 24.5 Å². The second kappa shape index (κ2) is 9.62. The van der Waals surface area contributed by atoms with Crippen LogP contribution in [0.25, 0.3) is 6.08 Å². The summed E-state index contributed by atoms with van der Waals surface area (Å²) in [6.07, 6.45) is 2.31. The van der Waals surface area contributed by atoms with Crippen LogP contribution in [0.5, 0.6) is 11.5 Å². The van der Waals surface area contributed by atoms with E-state index in [1.165, 1.54) is 6.08 Å². The highest BCUT2D eigenvalue weighted by molar-refractivity contribution is 7.11. The van der Waals surface area contributed by atoms with Gasteiger partial charge >= 0.3 is 0 Å². The van der Waals surface area contributed by atoms with Gasteiger partial charge in [0.1, 0.15) is 11.5 Å². The third-order valence-electron chi connectivity index (χ3n) is 3.41. The Morgan fingerprint density at radius 2 is 1.85 bits per heavy atom. The number of benzene rings is 1. The van der Waals surface area contributed by atoms with Crippen molar-refractivity contribution in [3.63, 3.8) is 0 Å². The number of hydrogen-bond donors (Lipinski definition) is 2. The van der Waals surface area contributed by atoms with Crippen LogP contribution in [0.4, 0.5) is 0 Å². The molecule has 1 heterocycles. The lowest BCUT2D eigenvalue weighted by atomic mass is 10.3. The molecule has 1 atom stereocenters. The molecule has 1 aromatic heterocycles. The summed E-state index contributed by atoms with van der Waals surface area (Å²) in [5.74, 6) is 0.403. The highest BCUT2D eigenvalue weighted by Gasteiger charge is 2.15. The van der Waals surface area contributed by atoms with Gasteiger partial charge in [-0.3, -0.25) is 20.4 Å². The van der Waals surface area contributed by atoms with E-state index < -0.39 is 17.9 Å². The predicted molar refractivity (Wildman–Crippen MR) is 102 cm³/mol. The topological polar surface area (TPSA) is 76.7 Å². The maximum atomic E-state index is 12.0. The summed E-state index contributed by atoms with van der Waals surface area (Å²) in [4.78, 5) is 24.8. The number of hydrogen-bond acceptors (Lipinski definition) is 5. The van der Waals surface area contributed by atoms with Crippen LogP contribution in [0.3, 0.4) is 0 Å². The van der Waals surface area contributed by atoms with Gasteiger partial charge in [0.05, 0.1) is 6.61 Å². The third-order valence-corrected chi connectivity index (χ3v) is 4.40. The molecule has 0 unspecified atom stereocenters. The Labute approximate surface area is 156 Å². The highest BCUT2D eigenvalue weighted by atomic mass is 32.1. The molecule has 2 rings (SSSR count). The second-order valence-electron chi connectivity index (χ2n) is 5.44. The summed E-state index contributed by atoms with van der Waals surface area (Å²) in [7, 11) is 0. The number of amides is 2. The van der Waals surface area contributed by atoms with E-state index in [9.17, 15) is 9.59 Å². The normalized spacial score (nSPS) is 11.8. The first kappa shape index (κ1) is 19.5. The SMILES string of the molecule is CCOc1ccc(O[C@H](C)C(=O)NNC(=O)/C=C/c2sccc2C)cc1. The van der Waals surface area contributed by atoms with Crippen molar-refractivity contribution in [2.75, 3.05) is 6.61 Å². The minimum atomic E-state index is -0.767. The van der Waals surface area contributed by atoms with E-state index >= 15 is 0 Å². The molecular formula is C19H22N2O4S. The van der Waals surface area contributed by atoms with E-state index in [0.29, 0.717) is 12.4 Å². The Morgan fingerprint density at radius 1 is 1.15 bits per heavy atom. The molecule has 1 aromatic carbocycles. The van der Waals surface area contributed by atoms with Crippen molar-refractivity contribution >= 4 is 29.2 Å². The van der Waals surface area contributed by atoms with Gasteiger partial charge in [0.2, 0.25) is 0 Å². The van der Waals surface area contributed by atoms with Crippen molar-refractivity contribution in [2.24, 2.45) is 0 Å². The van der Waals surface area contributed by atoms with E-state index in [1.54, 1.807) is 48.6 Å². The van der Waals surface area contributed by atoms with Gasteiger partial charge in [-0.25, -0.2) is 0 Å². The maximum absolute atomic E-state index is 12.0. The van der Waals surface area contributed by atoms with Crippen molar-refractivity contribution in [2.45, 2.75) is 26.9 Å². The molecule has 6 nitrogen and oxygen atoms in total. The summed E-state index contributed by atoms with van der Waals surface area (Å²) >= 11 is 1.54. The smallest absolute Gasteiger partial charge is 0.279 e. The fourth-order valence-corrected chi connectivity index (χ4v) is 2.83. The summed E-state index contributed by atoms with van der Waals surface area (Å²) in [6.45, 7) is 6.06. The van der Waals surface area contributed by atoms with Crippen molar-refractivity contribution in [1.29, 1.82) is 0 Å². The molecule has 0 aliphatic carbocycles. The highest BCUT2D eigenvalue weighted by Crippen LogP contribution is 2.18. The Morgan fingerprint density at radius 3 is 2.46 bits per heavy atom. The van der Waals surface area contributed by atoms with E-state index in [0.717, 1.165) is 16.2 Å². The standard InChI is InChI=1S/C19H22N2O4S/c1-4-24-15-5-7-16(8-6-15)25-14(3)19(23)21-20-18(22)10-9-17-13(2)11-12-26-17/h5-12,14H,4H2,1-3H3,(H,20,22)(H,21,23)/b10-9+/t14-/m1/s1. The first-order chi connectivity index (χ1) is 12.5. The van der Waals surface area contributed by atoms with Crippen LogP contribution in [0.15, 0.2) is 41.8 Å². The van der Waals surface area contributed by atoms with Crippen LogP contribution in [0.2, 0.25) is 0 Å². The molecule has 26 heavy (non-hydrogen) atoms. The van der Waals surface area contributed by atoms with Crippen LogP contribution in [0, 0.1) is 6.92 Å². The molecule has 0 fully saturated rings. The fraction of sp³-hybridized carbons (Fsp3) is 0.263. The van der Waals surface area contributed by atoms with Crippen molar-refractivity contribution in [1.82, 2.24) is 10.9 Å². The Balaban J connectivity index is 1.78. The third kappa shape index (κ3) is 5.93. The summed E-state index contributed by atoms with van der Waals surface area (Å²) in [5.41, 5.74) is 5.78. The van der Waals surface area contributed by atoms with Crippen molar-refractivity contribution < 1.29 is 19.1 Å². The van der Waals surface area contributed by atoms with Gasteiger partial charge in [-0.05, 0) is 68.1 Å². The zero-order chi connectivity index (χ0) is 18.9. The molecule has 0 radical (unpaired) electrons. The molecule has 7 heteroatoms. The molecule has 0 saturated heterocycles. The maximum Gasteiger partial charge on any atom is 0.279 e. The molecule has 0 saturated carbocycles. The van der Waals surface area contributed by atoms with Gasteiger partial charge in [0, 0.05) is 11.0 Å². The van der Waals surface area contributed by atoms with Gasteiger partial charge in [-0.2, -0.15) is 0 Å². The van der Waals surface area contributed by atoms with Crippen LogP contribution < -0.4 is 20.3 Å². The molecule has 2 aromatic rings. The van der Waals surface area contributed by atoms with Gasteiger partial charge in [0.15, 0.2) is 6.10 Å². The lowest BCUT2D eigenvalue weighted by Gasteiger charge is -2.15. The molecule has 0 bridgehead atoms. The first-order valence-corrected chi connectivity index (χ1v) is 9.09. The second-order valence-corrected chi connectivity index (χ2v) is 6.39. The molecule has 0 aliphatic heterocycles. The largest absolute Gasteiger partial charge is 0.494 e. The van der Waals surface area contributed by atoms with Crippen molar-refractivity contribution in [3.05, 3.63) is 52.2 Å². The molecule has 0 spiro atoms. The molecule has 2 amide bonds. The number of ether oxygens (including phenoxy) is 2. The van der Waals surface area contributed by atoms with E-state index in [4.69, 9.17) is 9.47 Å². The van der Waals surface area contributed by atoms with Crippen LogP contribution >= 0.6 is 11.3 Å². The zero-order valence-corrected chi connectivity index (χ0v) is 15.8. The van der Waals surface area contributed by atoms with Gasteiger partial charge in [-0.15, -0.1) is 11.3 Å². The zero-order valence-electron chi connectivity index (χ0n) is 14.9. The quantitative estimate of drug-likeness (QED) is 0.577. The van der Waals surface area contributed by atoms with Gasteiger partial charge in [0.25, 0.3) is 11.8 Å². The fourth-order valence-electron chi connectivity index (χ4n) is 2.01. The van der Waals surface area contributed by atoms with E-state index in [1.807, 2.05) is 25.3 Å². The number of carbonyl (C=O) groups is 2. The Bertz CT molecular complexity index is 768. The predicted octanol–water partition coefficient (Wildman–Crippen LogP) is 3.08. The minimum absolute atomic E-state index is 0.417. The van der Waals surface area contributed by atoms with E-state index in [-0.39, 0.29) is 0 Å². The molecular weight excluding hydrogens is 352 g/mol. The number of hydrazine groups is 1. The lowest BCUT2D eigenvalue weighted by Crippen LogP contribution is -2.46. The number of rotatable bonds is 7. The Kier molecular flexibility index (Phi) is 7.23. The summed E-state index contributed by atoms with van der Waals surface area (Å²) in [5, 5.41) is 1.95. The van der Waals surface area contributed by atoms with Gasteiger partial charge < -0.3 is 9.47 Å². The molecule has 138 valence electrons.